The van der Waals surface area contributed by atoms with Gasteiger partial charge in [-0.2, -0.15) is 0 Å². The number of pyridine rings is 1. The van der Waals surface area contributed by atoms with Crippen LogP contribution in [0.1, 0.15) is 22.6 Å². The molecule has 132 valence electrons. The highest BCUT2D eigenvalue weighted by atomic mass is 19.1. The van der Waals surface area contributed by atoms with Crippen molar-refractivity contribution in [1.82, 2.24) is 4.98 Å². The van der Waals surface area contributed by atoms with Crippen LogP contribution in [0.2, 0.25) is 0 Å². The summed E-state index contributed by atoms with van der Waals surface area (Å²) in [5.41, 5.74) is 1.97. The second kappa shape index (κ2) is 7.12. The first kappa shape index (κ1) is 16.5. The van der Waals surface area contributed by atoms with Gasteiger partial charge < -0.3 is 10.1 Å². The fourth-order valence-corrected chi connectivity index (χ4v) is 3.26. The van der Waals surface area contributed by atoms with E-state index in [9.17, 15) is 8.78 Å². The Morgan fingerprint density at radius 1 is 1.04 bits per heavy atom. The van der Waals surface area contributed by atoms with Crippen molar-refractivity contribution in [3.63, 3.8) is 0 Å². The molecule has 0 saturated carbocycles. The summed E-state index contributed by atoms with van der Waals surface area (Å²) < 4.78 is 34.7. The number of fused-ring (bicyclic) bond motifs is 1. The lowest BCUT2D eigenvalue weighted by Gasteiger charge is -2.14. The molecular weight excluding hydrogens is 334 g/mol. The van der Waals surface area contributed by atoms with Crippen LogP contribution in [0.25, 0.3) is 0 Å². The molecule has 0 aliphatic carbocycles. The molecule has 5 heteroatoms. The number of benzene rings is 2. The lowest BCUT2D eigenvalue weighted by molar-refractivity contribution is 0.287. The third-order valence-corrected chi connectivity index (χ3v) is 4.63. The summed E-state index contributed by atoms with van der Waals surface area (Å²) in [5, 5.41) is 3.18. The second-order valence-electron chi connectivity index (χ2n) is 6.34. The first-order chi connectivity index (χ1) is 12.7. The lowest BCUT2D eigenvalue weighted by atomic mass is 9.94. The van der Waals surface area contributed by atoms with Gasteiger partial charge in [-0.05, 0) is 35.7 Å². The smallest absolute Gasteiger partial charge is 0.171 e. The number of hydrogen-bond donors (Lipinski definition) is 1. The summed E-state index contributed by atoms with van der Waals surface area (Å²) in [6.07, 6.45) is 1.96. The van der Waals surface area contributed by atoms with E-state index in [0.29, 0.717) is 6.54 Å². The Balaban J connectivity index is 1.55. The predicted molar refractivity (Wildman–Crippen MR) is 96.3 cm³/mol. The van der Waals surface area contributed by atoms with Gasteiger partial charge in [0.1, 0.15) is 18.2 Å². The van der Waals surface area contributed by atoms with Crippen LogP contribution in [-0.4, -0.2) is 11.5 Å². The van der Waals surface area contributed by atoms with Gasteiger partial charge in [0.15, 0.2) is 11.6 Å². The van der Waals surface area contributed by atoms with E-state index in [1.807, 2.05) is 42.5 Å². The van der Waals surface area contributed by atoms with Gasteiger partial charge in [0.05, 0.1) is 0 Å². The van der Waals surface area contributed by atoms with Crippen LogP contribution in [0, 0.1) is 11.6 Å². The molecule has 1 aromatic heterocycles. The SMILES string of the molecule is Fc1ccc(OCc2ccccc2)c(F)c1CC1CNc2ncccc21. The average Bonchev–Trinajstić information content (AvgIpc) is 3.08. The van der Waals surface area contributed by atoms with Gasteiger partial charge in [-0.25, -0.2) is 13.8 Å². The number of aromatic nitrogens is 1. The molecule has 3 aromatic rings. The van der Waals surface area contributed by atoms with E-state index in [1.165, 1.54) is 12.1 Å². The summed E-state index contributed by atoms with van der Waals surface area (Å²) in [7, 11) is 0. The average molecular weight is 352 g/mol. The van der Waals surface area contributed by atoms with Crippen LogP contribution in [0.15, 0.2) is 60.8 Å². The van der Waals surface area contributed by atoms with Crippen LogP contribution in [-0.2, 0) is 13.0 Å². The van der Waals surface area contributed by atoms with Crippen LogP contribution in [0.4, 0.5) is 14.6 Å². The van der Waals surface area contributed by atoms with E-state index in [-0.39, 0.29) is 30.3 Å². The molecule has 1 N–H and O–H groups in total. The monoisotopic (exact) mass is 352 g/mol. The molecule has 1 atom stereocenters. The van der Waals surface area contributed by atoms with Crippen LogP contribution in [0.5, 0.6) is 5.75 Å². The van der Waals surface area contributed by atoms with E-state index in [4.69, 9.17) is 4.74 Å². The highest BCUT2D eigenvalue weighted by Gasteiger charge is 2.26. The Morgan fingerprint density at radius 3 is 2.73 bits per heavy atom. The van der Waals surface area contributed by atoms with E-state index < -0.39 is 11.6 Å². The lowest BCUT2D eigenvalue weighted by Crippen LogP contribution is -2.09. The Morgan fingerprint density at radius 2 is 1.88 bits per heavy atom. The number of anilines is 1. The van der Waals surface area contributed by atoms with Gasteiger partial charge in [0.2, 0.25) is 0 Å². The van der Waals surface area contributed by atoms with Crippen molar-refractivity contribution in [2.45, 2.75) is 18.9 Å². The van der Waals surface area contributed by atoms with Crippen molar-refractivity contribution in [2.75, 3.05) is 11.9 Å². The maximum Gasteiger partial charge on any atom is 0.171 e. The molecular formula is C21H18F2N2O. The fraction of sp³-hybridized carbons (Fsp3) is 0.190. The maximum atomic E-state index is 14.9. The first-order valence-corrected chi connectivity index (χ1v) is 8.55. The molecule has 0 fully saturated rings. The van der Waals surface area contributed by atoms with Crippen LogP contribution >= 0.6 is 0 Å². The van der Waals surface area contributed by atoms with Gasteiger partial charge in [-0.3, -0.25) is 0 Å². The zero-order valence-corrected chi connectivity index (χ0v) is 14.1. The fourth-order valence-electron chi connectivity index (χ4n) is 3.26. The molecule has 2 heterocycles. The molecule has 0 saturated heterocycles. The van der Waals surface area contributed by atoms with Crippen molar-refractivity contribution in [3.8, 4) is 5.75 Å². The summed E-state index contributed by atoms with van der Waals surface area (Å²) >= 11 is 0. The third kappa shape index (κ3) is 3.25. The molecule has 3 nitrogen and oxygen atoms in total. The van der Waals surface area contributed by atoms with Crippen LogP contribution in [0.3, 0.4) is 0 Å². The van der Waals surface area contributed by atoms with Crippen molar-refractivity contribution >= 4 is 5.82 Å². The second-order valence-corrected chi connectivity index (χ2v) is 6.34. The number of hydrogen-bond acceptors (Lipinski definition) is 3. The first-order valence-electron chi connectivity index (χ1n) is 8.55. The van der Waals surface area contributed by atoms with Crippen LogP contribution < -0.4 is 10.1 Å². The van der Waals surface area contributed by atoms with Gasteiger partial charge in [-0.15, -0.1) is 0 Å². The Hall–Kier alpha value is -2.95. The summed E-state index contributed by atoms with van der Waals surface area (Å²) in [6, 6.07) is 15.9. The number of nitrogens with zero attached hydrogens (tertiary/aromatic N) is 1. The Kier molecular flexibility index (Phi) is 4.52. The Labute approximate surface area is 150 Å². The molecule has 1 aliphatic rings. The summed E-state index contributed by atoms with van der Waals surface area (Å²) in [4.78, 5) is 4.25. The zero-order valence-electron chi connectivity index (χ0n) is 14.1. The van der Waals surface area contributed by atoms with Gasteiger partial charge in [-0.1, -0.05) is 36.4 Å². The highest BCUT2D eigenvalue weighted by molar-refractivity contribution is 5.52. The van der Waals surface area contributed by atoms with Crippen molar-refractivity contribution < 1.29 is 13.5 Å². The third-order valence-electron chi connectivity index (χ3n) is 4.63. The molecule has 0 bridgehead atoms. The van der Waals surface area contributed by atoms with Gasteiger partial charge >= 0.3 is 0 Å². The molecule has 26 heavy (non-hydrogen) atoms. The normalized spacial score (nSPS) is 15.4. The topological polar surface area (TPSA) is 34.1 Å². The largest absolute Gasteiger partial charge is 0.486 e. The van der Waals surface area contributed by atoms with Crippen molar-refractivity contribution in [3.05, 3.63) is 89.1 Å². The number of nitrogens with one attached hydrogen (secondary N) is 1. The number of ether oxygens (including phenoxy) is 1. The quantitative estimate of drug-likeness (QED) is 0.723. The van der Waals surface area contributed by atoms with E-state index in [0.717, 1.165) is 16.9 Å². The zero-order chi connectivity index (χ0) is 17.9. The molecule has 0 spiro atoms. The summed E-state index contributed by atoms with van der Waals surface area (Å²) in [6.45, 7) is 0.848. The van der Waals surface area contributed by atoms with Crippen molar-refractivity contribution in [1.29, 1.82) is 0 Å². The molecule has 1 unspecified atom stereocenters. The Bertz CT molecular complexity index is 915. The highest BCUT2D eigenvalue weighted by Crippen LogP contribution is 2.34. The minimum absolute atomic E-state index is 0.0212. The summed E-state index contributed by atoms with van der Waals surface area (Å²) in [5.74, 6) is -0.338. The van der Waals surface area contributed by atoms with Gasteiger partial charge in [0, 0.05) is 24.2 Å². The molecule has 2 aromatic carbocycles. The molecule has 1 aliphatic heterocycles. The minimum atomic E-state index is -0.627. The van der Waals surface area contributed by atoms with Crippen molar-refractivity contribution in [2.24, 2.45) is 0 Å². The standard InChI is InChI=1S/C21H18F2N2O/c22-18-8-9-19(26-13-14-5-2-1-3-6-14)20(23)17(18)11-15-12-25-21-16(15)7-4-10-24-21/h1-10,15H,11-13H2,(H,24,25). The van der Waals surface area contributed by atoms with E-state index >= 15 is 0 Å². The minimum Gasteiger partial charge on any atom is -0.486 e. The number of rotatable bonds is 5. The number of halogens is 2. The maximum absolute atomic E-state index is 14.9. The van der Waals surface area contributed by atoms with E-state index in [2.05, 4.69) is 10.3 Å². The molecule has 0 amide bonds. The predicted octanol–water partition coefficient (Wildman–Crippen LogP) is 4.69. The molecule has 4 rings (SSSR count). The molecule has 0 radical (unpaired) electrons. The van der Waals surface area contributed by atoms with E-state index in [1.54, 1.807) is 6.20 Å². The van der Waals surface area contributed by atoms with Gasteiger partial charge in [0.25, 0.3) is 0 Å².